The number of nitrogens with two attached hydrogens (primary N) is 1. The monoisotopic (exact) mass is 300 g/mol. The Morgan fingerprint density at radius 3 is 2.88 bits per heavy atom. The summed E-state index contributed by atoms with van der Waals surface area (Å²) in [7, 11) is 3.93. The highest BCUT2D eigenvalue weighted by Gasteiger charge is 2.13. The summed E-state index contributed by atoms with van der Waals surface area (Å²) in [5, 5.41) is 2.83. The van der Waals surface area contributed by atoms with Crippen molar-refractivity contribution in [3.05, 3.63) is 22.3 Å². The molecule has 1 unspecified atom stereocenters. The average Bonchev–Trinajstić information content (AvgIpc) is 2.28. The molecule has 0 fully saturated rings. The van der Waals surface area contributed by atoms with E-state index >= 15 is 0 Å². The van der Waals surface area contributed by atoms with Gasteiger partial charge in [-0.3, -0.25) is 4.79 Å². The standard InChI is InChI=1S/C11H17BrN4O/c1-7(16(2)3)5-15-11(17)9-4-8(12)6-14-10(9)13/h4,6-7H,5H2,1-3H3,(H2,13,14)(H,15,17). The molecular formula is C11H17BrN4O. The number of nitrogen functional groups attached to an aromatic ring is 1. The molecule has 0 aliphatic carbocycles. The molecule has 17 heavy (non-hydrogen) atoms. The van der Waals surface area contributed by atoms with Gasteiger partial charge in [-0.15, -0.1) is 0 Å². The molecule has 1 atom stereocenters. The first-order valence-corrected chi connectivity index (χ1v) is 6.06. The van der Waals surface area contributed by atoms with Crippen molar-refractivity contribution in [1.29, 1.82) is 0 Å². The van der Waals surface area contributed by atoms with Crippen molar-refractivity contribution >= 4 is 27.7 Å². The second kappa shape index (κ2) is 5.97. The van der Waals surface area contributed by atoms with Crippen LogP contribution < -0.4 is 11.1 Å². The molecule has 3 N–H and O–H groups in total. The zero-order chi connectivity index (χ0) is 13.0. The quantitative estimate of drug-likeness (QED) is 0.874. The minimum Gasteiger partial charge on any atom is -0.383 e. The molecule has 0 aromatic carbocycles. The van der Waals surface area contributed by atoms with Gasteiger partial charge < -0.3 is 16.0 Å². The maximum Gasteiger partial charge on any atom is 0.255 e. The lowest BCUT2D eigenvalue weighted by atomic mass is 10.2. The second-order valence-corrected chi connectivity index (χ2v) is 5.02. The van der Waals surface area contributed by atoms with Crippen LogP contribution in [0.3, 0.4) is 0 Å². The van der Waals surface area contributed by atoms with Crippen molar-refractivity contribution < 1.29 is 4.79 Å². The predicted molar refractivity (Wildman–Crippen MR) is 71.8 cm³/mol. The maximum atomic E-state index is 11.9. The Hall–Kier alpha value is -1.14. The number of anilines is 1. The van der Waals surface area contributed by atoms with Crippen LogP contribution in [0.2, 0.25) is 0 Å². The number of rotatable bonds is 4. The van der Waals surface area contributed by atoms with Crippen LogP contribution in [0.25, 0.3) is 0 Å². The Labute approximate surface area is 110 Å². The van der Waals surface area contributed by atoms with E-state index in [0.29, 0.717) is 12.1 Å². The Bertz CT molecular complexity index is 408. The first kappa shape index (κ1) is 13.9. The molecule has 94 valence electrons. The molecule has 1 aromatic rings. The van der Waals surface area contributed by atoms with Gasteiger partial charge in [0.25, 0.3) is 5.91 Å². The molecule has 0 saturated heterocycles. The van der Waals surface area contributed by atoms with E-state index in [1.54, 1.807) is 12.3 Å². The van der Waals surface area contributed by atoms with Gasteiger partial charge in [0.05, 0.1) is 5.56 Å². The molecule has 0 aliphatic rings. The van der Waals surface area contributed by atoms with Crippen molar-refractivity contribution in [3.8, 4) is 0 Å². The Morgan fingerprint density at radius 2 is 2.29 bits per heavy atom. The number of nitrogens with one attached hydrogen (secondary N) is 1. The lowest BCUT2D eigenvalue weighted by Gasteiger charge is -2.20. The van der Waals surface area contributed by atoms with Gasteiger partial charge in [-0.2, -0.15) is 0 Å². The fourth-order valence-electron chi connectivity index (χ4n) is 1.15. The molecule has 1 amide bonds. The normalized spacial score (nSPS) is 12.5. The van der Waals surface area contributed by atoms with E-state index in [2.05, 4.69) is 26.2 Å². The molecule has 1 aromatic heterocycles. The summed E-state index contributed by atoms with van der Waals surface area (Å²) in [5.41, 5.74) is 6.05. The molecule has 0 spiro atoms. The van der Waals surface area contributed by atoms with Gasteiger partial charge in [-0.1, -0.05) is 0 Å². The molecule has 1 heterocycles. The molecule has 5 nitrogen and oxygen atoms in total. The van der Waals surface area contributed by atoms with Gasteiger partial charge in [0.1, 0.15) is 5.82 Å². The highest BCUT2D eigenvalue weighted by molar-refractivity contribution is 9.10. The fraction of sp³-hybridized carbons (Fsp3) is 0.455. The summed E-state index contributed by atoms with van der Waals surface area (Å²) in [5.74, 6) is 0.0354. The Kier molecular flexibility index (Phi) is 4.89. The second-order valence-electron chi connectivity index (χ2n) is 4.11. The van der Waals surface area contributed by atoms with Crippen LogP contribution >= 0.6 is 15.9 Å². The number of hydrogen-bond acceptors (Lipinski definition) is 4. The van der Waals surface area contributed by atoms with Crippen molar-refractivity contribution in [2.24, 2.45) is 0 Å². The van der Waals surface area contributed by atoms with E-state index in [1.165, 1.54) is 0 Å². The first-order chi connectivity index (χ1) is 7.91. The minimum atomic E-state index is -0.204. The van der Waals surface area contributed by atoms with Gasteiger partial charge in [-0.05, 0) is 43.0 Å². The van der Waals surface area contributed by atoms with Crippen molar-refractivity contribution in [3.63, 3.8) is 0 Å². The van der Waals surface area contributed by atoms with Gasteiger partial charge in [0, 0.05) is 23.3 Å². The van der Waals surface area contributed by atoms with Crippen molar-refractivity contribution in [1.82, 2.24) is 15.2 Å². The molecule has 0 aliphatic heterocycles. The maximum absolute atomic E-state index is 11.9. The largest absolute Gasteiger partial charge is 0.383 e. The van der Waals surface area contributed by atoms with Crippen LogP contribution in [0, 0.1) is 0 Å². The van der Waals surface area contributed by atoms with Gasteiger partial charge >= 0.3 is 0 Å². The van der Waals surface area contributed by atoms with Gasteiger partial charge in [0.15, 0.2) is 0 Å². The first-order valence-electron chi connectivity index (χ1n) is 5.27. The molecule has 0 radical (unpaired) electrons. The van der Waals surface area contributed by atoms with E-state index in [4.69, 9.17) is 5.73 Å². The highest BCUT2D eigenvalue weighted by Crippen LogP contribution is 2.15. The number of halogens is 1. The lowest BCUT2D eigenvalue weighted by molar-refractivity contribution is 0.0944. The molecule has 1 rings (SSSR count). The Morgan fingerprint density at radius 1 is 1.65 bits per heavy atom. The van der Waals surface area contributed by atoms with Crippen LogP contribution in [-0.4, -0.2) is 42.5 Å². The third-order valence-electron chi connectivity index (χ3n) is 2.57. The van der Waals surface area contributed by atoms with Crippen LogP contribution in [0.15, 0.2) is 16.7 Å². The number of pyridine rings is 1. The van der Waals surface area contributed by atoms with E-state index in [1.807, 2.05) is 25.9 Å². The zero-order valence-electron chi connectivity index (χ0n) is 10.2. The van der Waals surface area contributed by atoms with Crippen LogP contribution in [-0.2, 0) is 0 Å². The van der Waals surface area contributed by atoms with Gasteiger partial charge in [0.2, 0.25) is 0 Å². The topological polar surface area (TPSA) is 71.2 Å². The van der Waals surface area contributed by atoms with Crippen LogP contribution in [0.1, 0.15) is 17.3 Å². The number of likely N-dealkylation sites (N-methyl/N-ethyl adjacent to an activating group) is 1. The Balaban J connectivity index is 2.67. The highest BCUT2D eigenvalue weighted by atomic mass is 79.9. The van der Waals surface area contributed by atoms with Crippen molar-refractivity contribution in [2.45, 2.75) is 13.0 Å². The number of carbonyl (C=O) groups is 1. The lowest BCUT2D eigenvalue weighted by Crippen LogP contribution is -2.38. The summed E-state index contributed by atoms with van der Waals surface area (Å²) in [4.78, 5) is 17.8. The van der Waals surface area contributed by atoms with E-state index in [0.717, 1.165) is 4.47 Å². The van der Waals surface area contributed by atoms with Crippen molar-refractivity contribution in [2.75, 3.05) is 26.4 Å². The van der Waals surface area contributed by atoms with E-state index in [-0.39, 0.29) is 17.8 Å². The summed E-state index contributed by atoms with van der Waals surface area (Å²) in [6.07, 6.45) is 1.56. The smallest absolute Gasteiger partial charge is 0.255 e. The average molecular weight is 301 g/mol. The summed E-state index contributed by atoms with van der Waals surface area (Å²) < 4.78 is 0.734. The number of amides is 1. The van der Waals surface area contributed by atoms with E-state index < -0.39 is 0 Å². The van der Waals surface area contributed by atoms with Gasteiger partial charge in [-0.25, -0.2) is 4.98 Å². The third-order valence-corrected chi connectivity index (χ3v) is 3.00. The number of carbonyl (C=O) groups excluding carboxylic acids is 1. The number of hydrogen-bond donors (Lipinski definition) is 2. The zero-order valence-corrected chi connectivity index (χ0v) is 11.8. The number of aromatic nitrogens is 1. The van der Waals surface area contributed by atoms with E-state index in [9.17, 15) is 4.79 Å². The molecule has 0 bridgehead atoms. The molecule has 0 saturated carbocycles. The fourth-order valence-corrected chi connectivity index (χ4v) is 1.48. The third kappa shape index (κ3) is 3.98. The minimum absolute atomic E-state index is 0.204. The number of nitrogens with zero attached hydrogens (tertiary/aromatic N) is 2. The predicted octanol–water partition coefficient (Wildman–Crippen LogP) is 1.11. The van der Waals surface area contributed by atoms with Crippen LogP contribution in [0.5, 0.6) is 0 Å². The van der Waals surface area contributed by atoms with Crippen LogP contribution in [0.4, 0.5) is 5.82 Å². The summed E-state index contributed by atoms with van der Waals surface area (Å²) >= 11 is 3.26. The SMILES string of the molecule is CC(CNC(=O)c1cc(Br)cnc1N)N(C)C. The molecule has 6 heteroatoms. The summed E-state index contributed by atoms with van der Waals surface area (Å²) in [6, 6.07) is 1.93. The molecular weight excluding hydrogens is 284 g/mol. The summed E-state index contributed by atoms with van der Waals surface area (Å²) in [6.45, 7) is 2.60.